The second-order valence-electron chi connectivity index (χ2n) is 4.43. The molecule has 15 heavy (non-hydrogen) atoms. The number of rotatable bonds is 9. The molecule has 0 saturated heterocycles. The van der Waals surface area contributed by atoms with Gasteiger partial charge < -0.3 is 10.4 Å². The lowest BCUT2D eigenvalue weighted by molar-refractivity contribution is -0.140. The first-order valence-corrected chi connectivity index (χ1v) is 6.05. The lowest BCUT2D eigenvalue weighted by atomic mass is 10.0. The first-order valence-electron chi connectivity index (χ1n) is 6.05. The van der Waals surface area contributed by atoms with Crippen molar-refractivity contribution in [2.24, 2.45) is 5.92 Å². The van der Waals surface area contributed by atoms with Gasteiger partial charge in [0.2, 0.25) is 0 Å². The highest BCUT2D eigenvalue weighted by molar-refractivity contribution is 5.73. The Hall–Kier alpha value is -0.570. The molecular formula is C12H25NO2. The Balaban J connectivity index is 3.50. The first kappa shape index (κ1) is 14.4. The van der Waals surface area contributed by atoms with Gasteiger partial charge in [-0.15, -0.1) is 0 Å². The van der Waals surface area contributed by atoms with E-state index >= 15 is 0 Å². The van der Waals surface area contributed by atoms with E-state index in [9.17, 15) is 4.79 Å². The van der Waals surface area contributed by atoms with E-state index in [1.54, 1.807) is 0 Å². The van der Waals surface area contributed by atoms with Crippen molar-refractivity contribution in [1.82, 2.24) is 5.32 Å². The minimum absolute atomic E-state index is 0.151. The van der Waals surface area contributed by atoms with Gasteiger partial charge in [-0.25, -0.2) is 0 Å². The number of nitrogens with one attached hydrogen (secondary N) is 1. The van der Waals surface area contributed by atoms with E-state index in [0.717, 1.165) is 13.0 Å². The molecule has 3 nitrogen and oxygen atoms in total. The summed E-state index contributed by atoms with van der Waals surface area (Å²) in [5, 5.41) is 12.0. The van der Waals surface area contributed by atoms with E-state index in [-0.39, 0.29) is 5.92 Å². The molecule has 0 radical (unpaired) electrons. The second kappa shape index (κ2) is 8.72. The van der Waals surface area contributed by atoms with Crippen molar-refractivity contribution < 1.29 is 9.90 Å². The molecule has 0 aromatic rings. The molecule has 0 spiro atoms. The molecule has 0 rings (SSSR count). The summed E-state index contributed by atoms with van der Waals surface area (Å²) in [5.74, 6) is -0.586. The molecule has 1 unspecified atom stereocenters. The highest BCUT2D eigenvalue weighted by Gasteiger charge is 2.19. The molecule has 2 N–H and O–H groups in total. The van der Waals surface area contributed by atoms with Gasteiger partial charge in [-0.3, -0.25) is 4.79 Å². The van der Waals surface area contributed by atoms with E-state index in [4.69, 9.17) is 5.11 Å². The maximum Gasteiger partial charge on any atom is 0.320 e. The summed E-state index contributed by atoms with van der Waals surface area (Å²) in [4.78, 5) is 10.8. The number of aliphatic carboxylic acids is 1. The summed E-state index contributed by atoms with van der Waals surface area (Å²) in [6.07, 6.45) is 6.07. The molecule has 0 aliphatic rings. The van der Waals surface area contributed by atoms with Gasteiger partial charge in [-0.05, 0) is 18.9 Å². The van der Waals surface area contributed by atoms with Crippen LogP contribution in [0.5, 0.6) is 0 Å². The van der Waals surface area contributed by atoms with Gasteiger partial charge in [0.25, 0.3) is 0 Å². The predicted octanol–water partition coefficient (Wildman–Crippen LogP) is 2.66. The number of carboxylic acids is 1. The van der Waals surface area contributed by atoms with Crippen LogP contribution in [-0.4, -0.2) is 23.7 Å². The molecule has 3 heteroatoms. The molecule has 1 atom stereocenters. The number of carboxylic acid groups (broad SMARTS) is 1. The minimum Gasteiger partial charge on any atom is -0.480 e. The molecule has 0 aromatic carbocycles. The minimum atomic E-state index is -0.737. The predicted molar refractivity (Wildman–Crippen MR) is 63.0 cm³/mol. The molecule has 0 fully saturated rings. The van der Waals surface area contributed by atoms with Crippen LogP contribution in [0.25, 0.3) is 0 Å². The van der Waals surface area contributed by atoms with Crippen LogP contribution >= 0.6 is 0 Å². The van der Waals surface area contributed by atoms with Crippen LogP contribution in [0.15, 0.2) is 0 Å². The third kappa shape index (κ3) is 7.37. The fraction of sp³-hybridized carbons (Fsp3) is 0.917. The van der Waals surface area contributed by atoms with E-state index in [2.05, 4.69) is 12.2 Å². The average molecular weight is 215 g/mol. The topological polar surface area (TPSA) is 49.3 Å². The maximum absolute atomic E-state index is 10.8. The SMILES string of the molecule is CCCCCCCNC(C(=O)O)C(C)C. The van der Waals surface area contributed by atoms with Crippen molar-refractivity contribution in [2.45, 2.75) is 58.9 Å². The highest BCUT2D eigenvalue weighted by Crippen LogP contribution is 2.04. The Bertz CT molecular complexity index is 169. The lowest BCUT2D eigenvalue weighted by Gasteiger charge is -2.17. The molecule has 0 bridgehead atoms. The largest absolute Gasteiger partial charge is 0.480 e. The Morgan fingerprint density at radius 1 is 1.20 bits per heavy atom. The van der Waals surface area contributed by atoms with Crippen molar-refractivity contribution >= 4 is 5.97 Å². The summed E-state index contributed by atoms with van der Waals surface area (Å²) >= 11 is 0. The van der Waals surface area contributed by atoms with Gasteiger partial charge in [0.05, 0.1) is 0 Å². The molecule has 0 amide bonds. The van der Waals surface area contributed by atoms with Crippen LogP contribution < -0.4 is 5.32 Å². The van der Waals surface area contributed by atoms with Crippen LogP contribution in [0.4, 0.5) is 0 Å². The van der Waals surface area contributed by atoms with Crippen LogP contribution in [0.3, 0.4) is 0 Å². The molecule has 0 aromatic heterocycles. The fourth-order valence-corrected chi connectivity index (χ4v) is 1.59. The zero-order valence-corrected chi connectivity index (χ0v) is 10.3. The van der Waals surface area contributed by atoms with Crippen molar-refractivity contribution in [3.8, 4) is 0 Å². The van der Waals surface area contributed by atoms with E-state index in [0.29, 0.717) is 0 Å². The summed E-state index contributed by atoms with van der Waals surface area (Å²) < 4.78 is 0. The Kier molecular flexibility index (Phi) is 8.38. The van der Waals surface area contributed by atoms with E-state index in [1.165, 1.54) is 25.7 Å². The van der Waals surface area contributed by atoms with E-state index in [1.807, 2.05) is 13.8 Å². The molecule has 0 aliphatic heterocycles. The first-order chi connectivity index (χ1) is 7.09. The lowest BCUT2D eigenvalue weighted by Crippen LogP contribution is -2.41. The number of carbonyl (C=O) groups is 1. The van der Waals surface area contributed by atoms with Gasteiger partial charge in [0.15, 0.2) is 0 Å². The summed E-state index contributed by atoms with van der Waals surface area (Å²) in [5.41, 5.74) is 0. The Morgan fingerprint density at radius 3 is 2.27 bits per heavy atom. The fourth-order valence-electron chi connectivity index (χ4n) is 1.59. The summed E-state index contributed by atoms with van der Waals surface area (Å²) in [6.45, 7) is 6.88. The van der Waals surface area contributed by atoms with Gasteiger partial charge in [0.1, 0.15) is 6.04 Å². The zero-order valence-electron chi connectivity index (χ0n) is 10.3. The normalized spacial score (nSPS) is 13.1. The van der Waals surface area contributed by atoms with Crippen molar-refractivity contribution in [1.29, 1.82) is 0 Å². The second-order valence-corrected chi connectivity index (χ2v) is 4.43. The zero-order chi connectivity index (χ0) is 11.7. The van der Waals surface area contributed by atoms with Crippen LogP contribution in [0, 0.1) is 5.92 Å². The number of unbranched alkanes of at least 4 members (excludes halogenated alkanes) is 4. The van der Waals surface area contributed by atoms with Crippen LogP contribution in [-0.2, 0) is 4.79 Å². The average Bonchev–Trinajstić information content (AvgIpc) is 2.15. The quantitative estimate of drug-likeness (QED) is 0.581. The molecular weight excluding hydrogens is 190 g/mol. The Morgan fingerprint density at radius 2 is 1.80 bits per heavy atom. The molecule has 0 saturated carbocycles. The highest BCUT2D eigenvalue weighted by atomic mass is 16.4. The van der Waals surface area contributed by atoms with Crippen molar-refractivity contribution in [2.75, 3.05) is 6.54 Å². The van der Waals surface area contributed by atoms with Crippen molar-refractivity contribution in [3.63, 3.8) is 0 Å². The smallest absolute Gasteiger partial charge is 0.320 e. The van der Waals surface area contributed by atoms with Crippen LogP contribution in [0.1, 0.15) is 52.9 Å². The van der Waals surface area contributed by atoms with Gasteiger partial charge in [-0.1, -0.05) is 46.5 Å². The van der Waals surface area contributed by atoms with Crippen LogP contribution in [0.2, 0.25) is 0 Å². The van der Waals surface area contributed by atoms with Gasteiger partial charge >= 0.3 is 5.97 Å². The standard InChI is InChI=1S/C12H25NO2/c1-4-5-6-7-8-9-13-11(10(2)3)12(14)15/h10-11,13H,4-9H2,1-3H3,(H,14,15). The van der Waals surface area contributed by atoms with Gasteiger partial charge in [0, 0.05) is 0 Å². The summed E-state index contributed by atoms with van der Waals surface area (Å²) in [7, 11) is 0. The molecule has 0 aliphatic carbocycles. The third-order valence-electron chi connectivity index (χ3n) is 2.58. The molecule has 0 heterocycles. The maximum atomic E-state index is 10.8. The Labute approximate surface area is 93.3 Å². The monoisotopic (exact) mass is 215 g/mol. The van der Waals surface area contributed by atoms with Crippen molar-refractivity contribution in [3.05, 3.63) is 0 Å². The molecule has 90 valence electrons. The van der Waals surface area contributed by atoms with Gasteiger partial charge in [-0.2, -0.15) is 0 Å². The summed E-state index contributed by atoms with van der Waals surface area (Å²) in [6, 6.07) is -0.392. The number of hydrogen-bond acceptors (Lipinski definition) is 2. The number of hydrogen-bond donors (Lipinski definition) is 2. The third-order valence-corrected chi connectivity index (χ3v) is 2.58. The van der Waals surface area contributed by atoms with E-state index < -0.39 is 12.0 Å².